The molecule has 2 aromatic rings. The van der Waals surface area contributed by atoms with E-state index in [4.69, 9.17) is 5.73 Å². The number of carbonyl (C=O) groups is 1. The molecule has 3 N–H and O–H groups in total. The van der Waals surface area contributed by atoms with Gasteiger partial charge in [-0.25, -0.2) is 4.79 Å². The zero-order chi connectivity index (χ0) is 14.5. The highest BCUT2D eigenvalue weighted by atomic mass is 16.2. The highest BCUT2D eigenvalue weighted by molar-refractivity contribution is 6.01. The molecule has 0 saturated carbocycles. The van der Waals surface area contributed by atoms with Crippen LogP contribution in [0.2, 0.25) is 0 Å². The zero-order valence-corrected chi connectivity index (χ0v) is 11.7. The van der Waals surface area contributed by atoms with Crippen LogP contribution in [0.4, 0.5) is 16.2 Å². The van der Waals surface area contributed by atoms with E-state index in [1.807, 2.05) is 61.5 Å². The van der Waals surface area contributed by atoms with Crippen LogP contribution in [-0.2, 0) is 0 Å². The number of anilines is 2. The molecule has 0 aliphatic heterocycles. The number of amides is 2. The first-order valence-electron chi connectivity index (χ1n) is 6.53. The molecule has 0 aromatic heterocycles. The predicted molar refractivity (Wildman–Crippen MR) is 82.9 cm³/mol. The summed E-state index contributed by atoms with van der Waals surface area (Å²) in [6.45, 7) is 1.91. The molecule has 1 atom stereocenters. The van der Waals surface area contributed by atoms with Crippen LogP contribution < -0.4 is 16.0 Å². The number of nitrogens with zero attached hydrogens (tertiary/aromatic N) is 1. The van der Waals surface area contributed by atoms with Crippen molar-refractivity contribution in [2.45, 2.75) is 13.0 Å². The minimum absolute atomic E-state index is 0.0568. The van der Waals surface area contributed by atoms with Crippen LogP contribution in [-0.4, -0.2) is 13.1 Å². The van der Waals surface area contributed by atoms with Crippen molar-refractivity contribution in [1.82, 2.24) is 0 Å². The lowest BCUT2D eigenvalue weighted by Gasteiger charge is -2.18. The number of nitrogens with one attached hydrogen (secondary N) is 1. The zero-order valence-electron chi connectivity index (χ0n) is 11.7. The lowest BCUT2D eigenvalue weighted by Crippen LogP contribution is -2.31. The van der Waals surface area contributed by atoms with Crippen LogP contribution in [0, 0.1) is 0 Å². The van der Waals surface area contributed by atoms with Gasteiger partial charge in [0.15, 0.2) is 0 Å². The summed E-state index contributed by atoms with van der Waals surface area (Å²) in [5.41, 5.74) is 8.42. The number of rotatable bonds is 3. The molecule has 20 heavy (non-hydrogen) atoms. The Kier molecular flexibility index (Phi) is 4.38. The first kappa shape index (κ1) is 14.1. The van der Waals surface area contributed by atoms with Crippen LogP contribution >= 0.6 is 0 Å². The molecule has 2 amide bonds. The molecule has 104 valence electrons. The van der Waals surface area contributed by atoms with Crippen molar-refractivity contribution < 1.29 is 4.79 Å². The van der Waals surface area contributed by atoms with Crippen molar-refractivity contribution in [3.8, 4) is 0 Å². The maximum atomic E-state index is 12.2. The smallest absolute Gasteiger partial charge is 0.324 e. The minimum atomic E-state index is -0.182. The van der Waals surface area contributed by atoms with Gasteiger partial charge in [-0.15, -0.1) is 0 Å². The Hall–Kier alpha value is -2.33. The highest BCUT2D eigenvalue weighted by Gasteiger charge is 2.11. The summed E-state index contributed by atoms with van der Waals surface area (Å²) in [5.74, 6) is 0. The molecule has 0 spiro atoms. The quantitative estimate of drug-likeness (QED) is 0.897. The molecule has 0 radical (unpaired) electrons. The van der Waals surface area contributed by atoms with Crippen LogP contribution in [0.5, 0.6) is 0 Å². The molecule has 0 aliphatic carbocycles. The van der Waals surface area contributed by atoms with Crippen molar-refractivity contribution in [2.75, 3.05) is 17.3 Å². The van der Waals surface area contributed by atoms with Gasteiger partial charge in [0.2, 0.25) is 0 Å². The lowest BCUT2D eigenvalue weighted by molar-refractivity contribution is 0.258. The molecule has 0 saturated heterocycles. The molecule has 0 aliphatic rings. The lowest BCUT2D eigenvalue weighted by atomic mass is 10.1. The fourth-order valence-corrected chi connectivity index (χ4v) is 1.88. The third-order valence-electron chi connectivity index (χ3n) is 3.11. The third kappa shape index (κ3) is 3.36. The van der Waals surface area contributed by atoms with Gasteiger partial charge in [-0.3, -0.25) is 4.90 Å². The average Bonchev–Trinajstić information content (AvgIpc) is 2.47. The number of para-hydroxylation sites is 1. The predicted octanol–water partition coefficient (Wildman–Crippen LogP) is 3.37. The van der Waals surface area contributed by atoms with E-state index in [1.165, 1.54) is 0 Å². The first-order valence-corrected chi connectivity index (χ1v) is 6.53. The number of carbonyl (C=O) groups excluding carboxylic acids is 1. The molecule has 2 rings (SSSR count). The Balaban J connectivity index is 2.10. The van der Waals surface area contributed by atoms with E-state index >= 15 is 0 Å². The normalized spacial score (nSPS) is 11.8. The van der Waals surface area contributed by atoms with Gasteiger partial charge in [0.1, 0.15) is 0 Å². The van der Waals surface area contributed by atoms with Gasteiger partial charge in [0, 0.05) is 24.5 Å². The number of urea groups is 1. The Morgan fingerprint density at radius 3 is 2.50 bits per heavy atom. The van der Waals surface area contributed by atoms with Crippen LogP contribution in [0.3, 0.4) is 0 Å². The Morgan fingerprint density at radius 2 is 1.85 bits per heavy atom. The Morgan fingerprint density at radius 1 is 1.15 bits per heavy atom. The molecule has 4 heteroatoms. The summed E-state index contributed by atoms with van der Waals surface area (Å²) in [5, 5.41) is 2.87. The minimum Gasteiger partial charge on any atom is -0.324 e. The third-order valence-corrected chi connectivity index (χ3v) is 3.11. The number of nitrogens with two attached hydrogens (primary N) is 1. The van der Waals surface area contributed by atoms with Crippen LogP contribution in [0.1, 0.15) is 18.5 Å². The van der Waals surface area contributed by atoms with Gasteiger partial charge in [-0.05, 0) is 36.8 Å². The number of hydrogen-bond donors (Lipinski definition) is 2. The summed E-state index contributed by atoms with van der Waals surface area (Å²) >= 11 is 0. The summed E-state index contributed by atoms with van der Waals surface area (Å²) in [6.07, 6.45) is 0. The van der Waals surface area contributed by atoms with E-state index in [9.17, 15) is 4.79 Å². The first-order chi connectivity index (χ1) is 9.58. The molecular weight excluding hydrogens is 250 g/mol. The number of benzene rings is 2. The Bertz CT molecular complexity index is 581. The second kappa shape index (κ2) is 6.21. The van der Waals surface area contributed by atoms with Gasteiger partial charge in [-0.1, -0.05) is 30.3 Å². The van der Waals surface area contributed by atoms with Gasteiger partial charge in [0.05, 0.1) is 0 Å². The number of hydrogen-bond acceptors (Lipinski definition) is 2. The topological polar surface area (TPSA) is 58.4 Å². The second-order valence-corrected chi connectivity index (χ2v) is 4.74. The molecule has 4 nitrogen and oxygen atoms in total. The van der Waals surface area contributed by atoms with Gasteiger partial charge in [-0.2, -0.15) is 0 Å². The van der Waals surface area contributed by atoms with Crippen LogP contribution in [0.25, 0.3) is 0 Å². The van der Waals surface area contributed by atoms with Gasteiger partial charge >= 0.3 is 6.03 Å². The Labute approximate surface area is 119 Å². The standard InChI is InChI=1S/C16H19N3O/c1-12(17)13-7-6-8-14(11-13)18-16(20)19(2)15-9-4-3-5-10-15/h3-12H,17H2,1-2H3,(H,18,20). The summed E-state index contributed by atoms with van der Waals surface area (Å²) < 4.78 is 0. The summed E-state index contributed by atoms with van der Waals surface area (Å²) in [7, 11) is 1.74. The largest absolute Gasteiger partial charge is 0.326 e. The fraction of sp³-hybridized carbons (Fsp3) is 0.188. The van der Waals surface area contributed by atoms with E-state index in [-0.39, 0.29) is 12.1 Å². The maximum Gasteiger partial charge on any atom is 0.326 e. The summed E-state index contributed by atoms with van der Waals surface area (Å²) in [6, 6.07) is 16.8. The molecule has 2 aromatic carbocycles. The van der Waals surface area contributed by atoms with Gasteiger partial charge < -0.3 is 11.1 Å². The van der Waals surface area contributed by atoms with E-state index in [0.29, 0.717) is 0 Å². The van der Waals surface area contributed by atoms with Crippen molar-refractivity contribution in [2.24, 2.45) is 5.73 Å². The average molecular weight is 269 g/mol. The van der Waals surface area contributed by atoms with Crippen molar-refractivity contribution >= 4 is 17.4 Å². The molecule has 0 heterocycles. The summed E-state index contributed by atoms with van der Waals surface area (Å²) in [4.78, 5) is 13.7. The monoisotopic (exact) mass is 269 g/mol. The molecular formula is C16H19N3O. The molecule has 0 bridgehead atoms. The van der Waals surface area contributed by atoms with Crippen LogP contribution in [0.15, 0.2) is 54.6 Å². The van der Waals surface area contributed by atoms with Crippen molar-refractivity contribution in [3.63, 3.8) is 0 Å². The van der Waals surface area contributed by atoms with Crippen molar-refractivity contribution in [1.29, 1.82) is 0 Å². The fourth-order valence-electron chi connectivity index (χ4n) is 1.88. The van der Waals surface area contributed by atoms with E-state index in [1.54, 1.807) is 11.9 Å². The van der Waals surface area contributed by atoms with Gasteiger partial charge in [0.25, 0.3) is 0 Å². The van der Waals surface area contributed by atoms with E-state index in [2.05, 4.69) is 5.32 Å². The SMILES string of the molecule is CC(N)c1cccc(NC(=O)N(C)c2ccccc2)c1. The second-order valence-electron chi connectivity index (χ2n) is 4.74. The maximum absolute atomic E-state index is 12.2. The van der Waals surface area contributed by atoms with E-state index in [0.717, 1.165) is 16.9 Å². The highest BCUT2D eigenvalue weighted by Crippen LogP contribution is 2.17. The van der Waals surface area contributed by atoms with Crippen molar-refractivity contribution in [3.05, 3.63) is 60.2 Å². The molecule has 0 fully saturated rings. The van der Waals surface area contributed by atoms with E-state index < -0.39 is 0 Å². The molecule has 1 unspecified atom stereocenters.